The molecule has 1 aromatic carbocycles. The number of rotatable bonds is 3. The molecule has 0 spiro atoms. The van der Waals surface area contributed by atoms with E-state index in [2.05, 4.69) is 21.7 Å². The summed E-state index contributed by atoms with van der Waals surface area (Å²) in [6.07, 6.45) is -5.19. The van der Waals surface area contributed by atoms with E-state index in [0.29, 0.717) is 10.4 Å². The number of quaternary nitrogens is 1. The van der Waals surface area contributed by atoms with Crippen LogP contribution in [0.15, 0.2) is 22.7 Å². The van der Waals surface area contributed by atoms with E-state index in [1.807, 2.05) is 19.9 Å². The van der Waals surface area contributed by atoms with Crippen LogP contribution in [0.1, 0.15) is 25.5 Å². The van der Waals surface area contributed by atoms with Crippen LogP contribution in [0.3, 0.4) is 0 Å². The molecule has 3 N–H and O–H groups in total. The number of hydrogen-bond donors (Lipinski definition) is 1. The minimum Gasteiger partial charge on any atom is -0.542 e. The number of carboxylic acid groups (broad SMARTS) is 1. The minimum atomic E-state index is -5.19. The third-order valence-electron chi connectivity index (χ3n) is 2.64. The van der Waals surface area contributed by atoms with Crippen molar-refractivity contribution in [1.82, 2.24) is 0 Å². The second-order valence-electron chi connectivity index (χ2n) is 4.57. The Morgan fingerprint density at radius 1 is 1.36 bits per heavy atom. The molecule has 1 aromatic rings. The summed E-state index contributed by atoms with van der Waals surface area (Å²) >= 11 is 3.27. The van der Waals surface area contributed by atoms with Gasteiger partial charge in [-0.1, -0.05) is 26.0 Å². The fourth-order valence-corrected chi connectivity index (χ4v) is 2.03. The highest BCUT2D eigenvalue weighted by Gasteiger charge is 2.28. The van der Waals surface area contributed by atoms with Crippen molar-refractivity contribution in [2.24, 2.45) is 5.92 Å². The molecular weight excluding hydrogens is 373 g/mol. The van der Waals surface area contributed by atoms with Crippen LogP contribution >= 0.6 is 15.9 Å². The number of carbonyl (C=O) groups is 1. The van der Waals surface area contributed by atoms with Crippen molar-refractivity contribution in [3.63, 3.8) is 0 Å². The lowest BCUT2D eigenvalue weighted by molar-refractivity contribution is -0.438. The van der Waals surface area contributed by atoms with Gasteiger partial charge in [0, 0.05) is 17.5 Å². The lowest BCUT2D eigenvalue weighted by Gasteiger charge is -2.13. The molecule has 1 rings (SSSR count). The lowest BCUT2D eigenvalue weighted by atomic mass is 9.97. The molecule has 6 nitrogen and oxygen atoms in total. The number of hydrogen-bond acceptors (Lipinski definition) is 4. The Morgan fingerprint density at radius 3 is 2.14 bits per heavy atom. The largest absolute Gasteiger partial charge is 0.542 e. The van der Waals surface area contributed by atoms with E-state index in [1.54, 1.807) is 6.07 Å². The van der Waals surface area contributed by atoms with E-state index in [0.717, 1.165) is 5.56 Å². The summed E-state index contributed by atoms with van der Waals surface area (Å²) in [6, 6.07) is 5.10. The zero-order valence-electron chi connectivity index (χ0n) is 11.7. The van der Waals surface area contributed by atoms with Crippen molar-refractivity contribution >= 4 is 27.6 Å². The van der Waals surface area contributed by atoms with Gasteiger partial charge in [-0.05, 0) is 15.9 Å². The number of halogens is 4. The van der Waals surface area contributed by atoms with Crippen LogP contribution in [0.2, 0.25) is 0 Å². The van der Waals surface area contributed by atoms with Crippen molar-refractivity contribution in [3.8, 4) is 0 Å². The molecule has 22 heavy (non-hydrogen) atoms. The smallest absolute Gasteiger partial charge is 0.430 e. The fourth-order valence-electron chi connectivity index (χ4n) is 1.32. The number of nitro groups is 1. The van der Waals surface area contributed by atoms with Crippen LogP contribution in [0.25, 0.3) is 0 Å². The number of carboxylic acids is 1. The topological polar surface area (TPSA) is 111 Å². The van der Waals surface area contributed by atoms with Gasteiger partial charge in [-0.3, -0.25) is 10.1 Å². The summed E-state index contributed by atoms with van der Waals surface area (Å²) in [4.78, 5) is 19.1. The van der Waals surface area contributed by atoms with Crippen LogP contribution in [0, 0.1) is 16.0 Å². The van der Waals surface area contributed by atoms with E-state index in [-0.39, 0.29) is 16.7 Å². The predicted molar refractivity (Wildman–Crippen MR) is 72.3 cm³/mol. The number of carbonyl (C=O) groups excluding carboxylic acids is 1. The Kier molecular flexibility index (Phi) is 7.47. The first-order valence-corrected chi connectivity index (χ1v) is 6.72. The highest BCUT2D eigenvalue weighted by atomic mass is 79.9. The Labute approximate surface area is 132 Å². The summed E-state index contributed by atoms with van der Waals surface area (Å²) in [5.74, 6) is -2.66. The first kappa shape index (κ1) is 20.3. The van der Waals surface area contributed by atoms with Gasteiger partial charge in [0.25, 0.3) is 5.69 Å². The second-order valence-corrected chi connectivity index (χ2v) is 5.37. The molecule has 0 aliphatic carbocycles. The van der Waals surface area contributed by atoms with Crippen LogP contribution in [0.5, 0.6) is 0 Å². The molecule has 124 valence electrons. The molecule has 0 aliphatic heterocycles. The standard InChI is InChI=1S/C10H13BrN2O2.C2HF3O2/c1-6(2)10(12)7-4-3-5-8(9(7)11)13(14)15;3-2(4,5)1(6)7/h3-6,10H,12H2,1-2H3;(H,6,7). The number of nitro benzene ring substituents is 1. The summed E-state index contributed by atoms with van der Waals surface area (Å²) in [5.41, 5.74) is 5.00. The summed E-state index contributed by atoms with van der Waals surface area (Å²) < 4.78 is 32.1. The van der Waals surface area contributed by atoms with Gasteiger partial charge in [0.1, 0.15) is 16.5 Å². The van der Waals surface area contributed by atoms with Gasteiger partial charge in [-0.15, -0.1) is 0 Å². The summed E-state index contributed by atoms with van der Waals surface area (Å²) in [7, 11) is 0. The van der Waals surface area contributed by atoms with Crippen LogP contribution < -0.4 is 10.8 Å². The molecule has 0 amide bonds. The third kappa shape index (κ3) is 5.98. The van der Waals surface area contributed by atoms with Crippen LogP contribution in [-0.4, -0.2) is 17.1 Å². The zero-order valence-corrected chi connectivity index (χ0v) is 13.3. The van der Waals surface area contributed by atoms with Crippen molar-refractivity contribution in [1.29, 1.82) is 0 Å². The Balaban J connectivity index is 0.000000534. The van der Waals surface area contributed by atoms with Gasteiger partial charge < -0.3 is 15.6 Å². The van der Waals surface area contributed by atoms with Gasteiger partial charge in [-0.25, -0.2) is 0 Å². The predicted octanol–water partition coefficient (Wildman–Crippen LogP) is 1.59. The van der Waals surface area contributed by atoms with Crippen molar-refractivity contribution in [3.05, 3.63) is 38.3 Å². The summed E-state index contributed by atoms with van der Waals surface area (Å²) in [5, 5.41) is 19.5. The van der Waals surface area contributed by atoms with Crippen LogP contribution in [0.4, 0.5) is 18.9 Å². The molecule has 0 aliphatic rings. The average Bonchev–Trinajstić information content (AvgIpc) is 2.37. The van der Waals surface area contributed by atoms with Gasteiger partial charge in [-0.2, -0.15) is 13.2 Å². The Hall–Kier alpha value is -1.68. The van der Waals surface area contributed by atoms with E-state index in [4.69, 9.17) is 9.90 Å². The normalized spacial score (nSPS) is 12.4. The number of alkyl halides is 3. The zero-order chi connectivity index (χ0) is 17.7. The third-order valence-corrected chi connectivity index (χ3v) is 3.50. The monoisotopic (exact) mass is 386 g/mol. The summed E-state index contributed by atoms with van der Waals surface area (Å²) in [6.45, 7) is 4.09. The molecule has 0 heterocycles. The molecule has 0 saturated heterocycles. The number of aliphatic carboxylic acids is 1. The lowest BCUT2D eigenvalue weighted by Crippen LogP contribution is -2.56. The molecular formula is C12H14BrF3N2O4. The van der Waals surface area contributed by atoms with Gasteiger partial charge >= 0.3 is 6.18 Å². The van der Waals surface area contributed by atoms with E-state index >= 15 is 0 Å². The minimum absolute atomic E-state index is 0.0549. The maximum atomic E-state index is 10.7. The Morgan fingerprint density at radius 2 is 1.82 bits per heavy atom. The first-order chi connectivity index (χ1) is 9.89. The molecule has 0 saturated carbocycles. The SMILES string of the molecule is CC(C)C([NH3+])c1cccc([N+](=O)[O-])c1Br.O=C([O-])C(F)(F)F. The number of nitrogens with zero attached hydrogens (tertiary/aromatic N) is 1. The highest BCUT2D eigenvalue weighted by molar-refractivity contribution is 9.10. The van der Waals surface area contributed by atoms with E-state index in [9.17, 15) is 23.3 Å². The highest BCUT2D eigenvalue weighted by Crippen LogP contribution is 2.32. The second kappa shape index (κ2) is 8.08. The van der Waals surface area contributed by atoms with Gasteiger partial charge in [0.05, 0.1) is 4.92 Å². The average molecular weight is 387 g/mol. The molecule has 0 aromatic heterocycles. The molecule has 10 heteroatoms. The van der Waals surface area contributed by atoms with Gasteiger partial charge in [0.15, 0.2) is 0 Å². The molecule has 0 radical (unpaired) electrons. The van der Waals surface area contributed by atoms with Gasteiger partial charge in [0.2, 0.25) is 0 Å². The molecule has 0 fully saturated rings. The van der Waals surface area contributed by atoms with Crippen LogP contribution in [-0.2, 0) is 4.79 Å². The van der Waals surface area contributed by atoms with Crippen molar-refractivity contribution in [2.45, 2.75) is 26.1 Å². The molecule has 0 bridgehead atoms. The van der Waals surface area contributed by atoms with E-state index in [1.165, 1.54) is 6.07 Å². The maximum absolute atomic E-state index is 10.7. The first-order valence-electron chi connectivity index (χ1n) is 5.93. The molecule has 1 atom stereocenters. The van der Waals surface area contributed by atoms with Crippen molar-refractivity contribution < 1.29 is 33.7 Å². The Bertz CT molecular complexity index is 550. The maximum Gasteiger partial charge on any atom is 0.430 e. The fraction of sp³-hybridized carbons (Fsp3) is 0.417. The van der Waals surface area contributed by atoms with E-state index < -0.39 is 12.1 Å². The molecule has 1 unspecified atom stereocenters. The van der Waals surface area contributed by atoms with Crippen molar-refractivity contribution in [2.75, 3.05) is 0 Å². The quantitative estimate of drug-likeness (QED) is 0.627. The number of benzene rings is 1.